The fourth-order valence-electron chi connectivity index (χ4n) is 2.05. The minimum atomic E-state index is 0.725. The van der Waals surface area contributed by atoms with E-state index >= 15 is 0 Å². The van der Waals surface area contributed by atoms with Gasteiger partial charge in [0.25, 0.3) is 0 Å². The van der Waals surface area contributed by atoms with E-state index in [-0.39, 0.29) is 0 Å². The minimum absolute atomic E-state index is 0.725. The highest BCUT2D eigenvalue weighted by molar-refractivity contribution is 5.49. The van der Waals surface area contributed by atoms with Gasteiger partial charge >= 0.3 is 0 Å². The van der Waals surface area contributed by atoms with E-state index < -0.39 is 0 Å². The quantitative estimate of drug-likeness (QED) is 0.634. The molecule has 1 heteroatoms. The highest BCUT2D eigenvalue weighted by Gasteiger charge is 2.19. The van der Waals surface area contributed by atoms with Crippen LogP contribution in [-0.2, 0) is 0 Å². The number of anilines is 1. The van der Waals surface area contributed by atoms with Crippen LogP contribution < -0.4 is 4.90 Å². The zero-order chi connectivity index (χ0) is 9.26. The molecule has 0 spiro atoms. The van der Waals surface area contributed by atoms with Gasteiger partial charge in [-0.1, -0.05) is 17.7 Å². The van der Waals surface area contributed by atoms with Crippen LogP contribution in [-0.4, -0.2) is 12.6 Å². The van der Waals surface area contributed by atoms with Gasteiger partial charge in [0.2, 0.25) is 0 Å². The normalized spacial score (nSPS) is 22.3. The van der Waals surface area contributed by atoms with E-state index in [0.29, 0.717) is 0 Å². The molecule has 0 aromatic heterocycles. The maximum atomic E-state index is 2.50. The average Bonchev–Trinajstić information content (AvgIpc) is 2.53. The van der Waals surface area contributed by atoms with E-state index in [1.807, 2.05) is 0 Å². The molecule has 1 aliphatic rings. The zero-order valence-electron chi connectivity index (χ0n) is 8.46. The fourth-order valence-corrected chi connectivity index (χ4v) is 2.05. The average molecular weight is 175 g/mol. The summed E-state index contributed by atoms with van der Waals surface area (Å²) in [6, 6.07) is 9.58. The van der Waals surface area contributed by atoms with Crippen molar-refractivity contribution in [3.63, 3.8) is 0 Å². The molecule has 13 heavy (non-hydrogen) atoms. The maximum Gasteiger partial charge on any atom is 0.0368 e. The van der Waals surface area contributed by atoms with Gasteiger partial charge in [-0.3, -0.25) is 0 Å². The monoisotopic (exact) mass is 175 g/mol. The van der Waals surface area contributed by atoms with Crippen molar-refractivity contribution >= 4 is 5.69 Å². The number of hydrogen-bond acceptors (Lipinski definition) is 1. The van der Waals surface area contributed by atoms with Gasteiger partial charge in [-0.05, 0) is 38.8 Å². The van der Waals surface area contributed by atoms with Gasteiger partial charge in [0.05, 0.1) is 0 Å². The van der Waals surface area contributed by atoms with Crippen LogP contribution in [0.4, 0.5) is 5.69 Å². The molecule has 0 N–H and O–H groups in total. The molecule has 1 nitrogen and oxygen atoms in total. The van der Waals surface area contributed by atoms with Crippen LogP contribution in [0.1, 0.15) is 25.3 Å². The molecule has 1 atom stereocenters. The molecule has 0 saturated carbocycles. The molecule has 1 fully saturated rings. The highest BCUT2D eigenvalue weighted by Crippen LogP contribution is 2.24. The molecule has 1 saturated heterocycles. The van der Waals surface area contributed by atoms with Crippen LogP contribution in [0.2, 0.25) is 0 Å². The second-order valence-corrected chi connectivity index (χ2v) is 4.02. The summed E-state index contributed by atoms with van der Waals surface area (Å²) in [7, 11) is 0. The summed E-state index contributed by atoms with van der Waals surface area (Å²) in [5.41, 5.74) is 2.73. The molecule has 0 amide bonds. The van der Waals surface area contributed by atoms with Crippen molar-refractivity contribution in [2.24, 2.45) is 0 Å². The molecule has 1 heterocycles. The van der Waals surface area contributed by atoms with Gasteiger partial charge in [-0.2, -0.15) is 0 Å². The molecule has 1 aromatic carbocycles. The summed E-state index contributed by atoms with van der Waals surface area (Å²) in [5.74, 6) is 0. The molecular weight excluding hydrogens is 158 g/mol. The Morgan fingerprint density at radius 1 is 1.23 bits per heavy atom. The predicted molar refractivity (Wildman–Crippen MR) is 57.2 cm³/mol. The number of nitrogens with zero attached hydrogens (tertiary/aromatic N) is 1. The first-order valence-electron chi connectivity index (χ1n) is 5.10. The van der Waals surface area contributed by atoms with Gasteiger partial charge in [0, 0.05) is 18.3 Å². The van der Waals surface area contributed by atoms with Crippen molar-refractivity contribution < 1.29 is 0 Å². The Labute approximate surface area is 80.4 Å². The predicted octanol–water partition coefficient (Wildman–Crippen LogP) is 2.98. The van der Waals surface area contributed by atoms with Crippen LogP contribution in [0.25, 0.3) is 0 Å². The van der Waals surface area contributed by atoms with Crippen molar-refractivity contribution in [1.82, 2.24) is 0 Å². The van der Waals surface area contributed by atoms with Crippen LogP contribution in [0.15, 0.2) is 24.3 Å². The largest absolute Gasteiger partial charge is 0.369 e. The molecule has 2 rings (SSSR count). The fraction of sp³-hybridized carbons (Fsp3) is 0.500. The van der Waals surface area contributed by atoms with E-state index in [1.165, 1.54) is 30.6 Å². The van der Waals surface area contributed by atoms with Crippen LogP contribution >= 0.6 is 0 Å². The Morgan fingerprint density at radius 3 is 2.46 bits per heavy atom. The zero-order valence-corrected chi connectivity index (χ0v) is 8.46. The topological polar surface area (TPSA) is 3.24 Å². The maximum absolute atomic E-state index is 2.50. The first kappa shape index (κ1) is 8.61. The molecule has 0 bridgehead atoms. The van der Waals surface area contributed by atoms with Crippen molar-refractivity contribution in [1.29, 1.82) is 0 Å². The van der Waals surface area contributed by atoms with Gasteiger partial charge < -0.3 is 4.90 Å². The SMILES string of the molecule is Cc1ccc(N2CCC[C@H]2C)cc1. The van der Waals surface area contributed by atoms with Crippen molar-refractivity contribution in [2.75, 3.05) is 11.4 Å². The van der Waals surface area contributed by atoms with Crippen LogP contribution in [0.5, 0.6) is 0 Å². The first-order chi connectivity index (χ1) is 6.27. The number of rotatable bonds is 1. The lowest BCUT2D eigenvalue weighted by atomic mass is 10.2. The summed E-state index contributed by atoms with van der Waals surface area (Å²) in [6.07, 6.45) is 2.68. The van der Waals surface area contributed by atoms with Gasteiger partial charge in [0.15, 0.2) is 0 Å². The van der Waals surface area contributed by atoms with Crippen molar-refractivity contribution in [3.05, 3.63) is 29.8 Å². The van der Waals surface area contributed by atoms with Gasteiger partial charge in [0.1, 0.15) is 0 Å². The molecule has 0 radical (unpaired) electrons. The second-order valence-electron chi connectivity index (χ2n) is 4.02. The molecular formula is C12H17N. The highest BCUT2D eigenvalue weighted by atomic mass is 15.2. The van der Waals surface area contributed by atoms with E-state index in [2.05, 4.69) is 43.0 Å². The van der Waals surface area contributed by atoms with Crippen molar-refractivity contribution in [3.8, 4) is 0 Å². The van der Waals surface area contributed by atoms with Gasteiger partial charge in [-0.15, -0.1) is 0 Å². The molecule has 1 aromatic rings. The second kappa shape index (κ2) is 3.41. The first-order valence-corrected chi connectivity index (χ1v) is 5.10. The van der Waals surface area contributed by atoms with E-state index in [1.54, 1.807) is 0 Å². The van der Waals surface area contributed by atoms with E-state index in [9.17, 15) is 0 Å². The van der Waals surface area contributed by atoms with Crippen molar-refractivity contribution in [2.45, 2.75) is 32.7 Å². The lowest BCUT2D eigenvalue weighted by Crippen LogP contribution is -2.25. The minimum Gasteiger partial charge on any atom is -0.369 e. The smallest absolute Gasteiger partial charge is 0.0368 e. The Balaban J connectivity index is 2.20. The number of benzene rings is 1. The molecule has 1 aliphatic heterocycles. The van der Waals surface area contributed by atoms with E-state index in [4.69, 9.17) is 0 Å². The Morgan fingerprint density at radius 2 is 1.92 bits per heavy atom. The summed E-state index contributed by atoms with van der Waals surface area (Å²) in [4.78, 5) is 2.50. The van der Waals surface area contributed by atoms with Crippen LogP contribution in [0, 0.1) is 6.92 Å². The molecule has 0 unspecified atom stereocenters. The lowest BCUT2D eigenvalue weighted by Gasteiger charge is -2.23. The molecule has 70 valence electrons. The Bertz CT molecular complexity index is 276. The molecule has 0 aliphatic carbocycles. The summed E-state index contributed by atoms with van der Waals surface area (Å²) in [6.45, 7) is 5.67. The number of aryl methyl sites for hydroxylation is 1. The summed E-state index contributed by atoms with van der Waals surface area (Å²) >= 11 is 0. The third-order valence-electron chi connectivity index (χ3n) is 2.92. The van der Waals surface area contributed by atoms with Crippen LogP contribution in [0.3, 0.4) is 0 Å². The summed E-state index contributed by atoms with van der Waals surface area (Å²) < 4.78 is 0. The lowest BCUT2D eigenvalue weighted by molar-refractivity contribution is 0.735. The third-order valence-corrected chi connectivity index (χ3v) is 2.92. The number of hydrogen-bond donors (Lipinski definition) is 0. The van der Waals surface area contributed by atoms with Gasteiger partial charge in [-0.25, -0.2) is 0 Å². The third kappa shape index (κ3) is 1.69. The standard InChI is InChI=1S/C12H17N/c1-10-5-7-12(8-6-10)13-9-3-4-11(13)2/h5-8,11H,3-4,9H2,1-2H3/t11-/m1/s1. The Hall–Kier alpha value is -0.980. The van der Waals surface area contributed by atoms with E-state index in [0.717, 1.165) is 6.04 Å². The summed E-state index contributed by atoms with van der Waals surface area (Å²) in [5, 5.41) is 0. The Kier molecular flexibility index (Phi) is 2.26.